The second kappa shape index (κ2) is 7.09. The van der Waals surface area contributed by atoms with Gasteiger partial charge in [-0.3, -0.25) is 24.6 Å². The minimum Gasteiger partial charge on any atom is -0.387 e. The third-order valence-electron chi connectivity index (χ3n) is 6.83. The standard InChI is InChI=1S/C24H23ClFN3O4/c1-23(2,3)29-20(31)16-17(21(29)32)24(14-10-13(26)8-9-15(14)27-22(24)33)28-18(16)19(30)11-4-6-12(25)7-5-11/h4-10,16-19,28,30H,1-3H3,(H,27,33). The minimum absolute atomic E-state index is 0.255. The maximum atomic E-state index is 14.3. The largest absolute Gasteiger partial charge is 0.387 e. The van der Waals surface area contributed by atoms with Crippen molar-refractivity contribution in [2.45, 2.75) is 44.0 Å². The Balaban J connectivity index is 1.69. The number of halogens is 2. The van der Waals surface area contributed by atoms with Crippen molar-refractivity contribution in [1.29, 1.82) is 0 Å². The lowest BCUT2D eigenvalue weighted by Gasteiger charge is -2.35. The first kappa shape index (κ1) is 22.0. The Morgan fingerprint density at radius 3 is 2.39 bits per heavy atom. The van der Waals surface area contributed by atoms with Gasteiger partial charge in [0.1, 0.15) is 11.4 Å². The first-order chi connectivity index (χ1) is 15.5. The third-order valence-corrected chi connectivity index (χ3v) is 7.09. The molecule has 3 heterocycles. The van der Waals surface area contributed by atoms with Gasteiger partial charge in [0.2, 0.25) is 17.7 Å². The van der Waals surface area contributed by atoms with Crippen LogP contribution >= 0.6 is 11.6 Å². The number of likely N-dealkylation sites (tertiary alicyclic amines) is 1. The quantitative estimate of drug-likeness (QED) is 0.585. The fourth-order valence-corrected chi connectivity index (χ4v) is 5.63. The number of carbonyl (C=O) groups excluding carboxylic acids is 3. The second-order valence-electron chi connectivity index (χ2n) is 9.80. The Morgan fingerprint density at radius 1 is 1.09 bits per heavy atom. The first-order valence-electron chi connectivity index (χ1n) is 10.7. The fourth-order valence-electron chi connectivity index (χ4n) is 5.50. The van der Waals surface area contributed by atoms with Gasteiger partial charge in [0, 0.05) is 21.8 Å². The number of aliphatic hydroxyl groups excluding tert-OH is 1. The Labute approximate surface area is 194 Å². The van der Waals surface area contributed by atoms with Gasteiger partial charge in [-0.2, -0.15) is 0 Å². The second-order valence-corrected chi connectivity index (χ2v) is 10.2. The van der Waals surface area contributed by atoms with E-state index in [1.165, 1.54) is 18.2 Å². The van der Waals surface area contributed by atoms with E-state index in [1.807, 2.05) is 0 Å². The highest BCUT2D eigenvalue weighted by Gasteiger charge is 2.72. The van der Waals surface area contributed by atoms with Gasteiger partial charge in [-0.25, -0.2) is 4.39 Å². The average Bonchev–Trinajstić information content (AvgIpc) is 3.33. The van der Waals surface area contributed by atoms with Gasteiger partial charge in [0.05, 0.1) is 24.0 Å². The molecule has 9 heteroatoms. The maximum absolute atomic E-state index is 14.3. The lowest BCUT2D eigenvalue weighted by Crippen LogP contribution is -2.56. The van der Waals surface area contributed by atoms with Crippen LogP contribution in [-0.2, 0) is 19.9 Å². The van der Waals surface area contributed by atoms with Crippen molar-refractivity contribution < 1.29 is 23.9 Å². The van der Waals surface area contributed by atoms with Crippen LogP contribution in [-0.4, -0.2) is 39.3 Å². The van der Waals surface area contributed by atoms with Crippen molar-refractivity contribution in [2.75, 3.05) is 5.32 Å². The summed E-state index contributed by atoms with van der Waals surface area (Å²) < 4.78 is 14.3. The van der Waals surface area contributed by atoms with Gasteiger partial charge in [-0.1, -0.05) is 23.7 Å². The predicted molar refractivity (Wildman–Crippen MR) is 119 cm³/mol. The number of anilines is 1. The summed E-state index contributed by atoms with van der Waals surface area (Å²) in [5, 5.41) is 17.6. The number of benzene rings is 2. The Kier molecular flexibility index (Phi) is 4.73. The van der Waals surface area contributed by atoms with Gasteiger partial charge < -0.3 is 10.4 Å². The van der Waals surface area contributed by atoms with E-state index in [0.29, 0.717) is 16.3 Å². The molecule has 3 aliphatic heterocycles. The van der Waals surface area contributed by atoms with Gasteiger partial charge >= 0.3 is 0 Å². The normalized spacial score (nSPS) is 29.5. The van der Waals surface area contributed by atoms with Crippen LogP contribution < -0.4 is 10.6 Å². The van der Waals surface area contributed by atoms with E-state index < -0.39 is 58.6 Å². The number of aliphatic hydroxyl groups is 1. The van der Waals surface area contributed by atoms with E-state index in [9.17, 15) is 23.9 Å². The van der Waals surface area contributed by atoms with E-state index >= 15 is 0 Å². The van der Waals surface area contributed by atoms with Crippen molar-refractivity contribution in [2.24, 2.45) is 11.8 Å². The number of rotatable bonds is 2. The highest BCUT2D eigenvalue weighted by atomic mass is 35.5. The molecule has 172 valence electrons. The summed E-state index contributed by atoms with van der Waals surface area (Å²) in [6.45, 7) is 5.20. The molecule has 2 fully saturated rings. The minimum atomic E-state index is -1.69. The zero-order chi connectivity index (χ0) is 23.9. The molecule has 0 saturated carbocycles. The summed E-state index contributed by atoms with van der Waals surface area (Å²) in [6, 6.07) is 9.34. The fraction of sp³-hybridized carbons (Fsp3) is 0.375. The van der Waals surface area contributed by atoms with E-state index in [4.69, 9.17) is 11.6 Å². The first-order valence-corrected chi connectivity index (χ1v) is 11.1. The zero-order valence-electron chi connectivity index (χ0n) is 18.2. The molecule has 33 heavy (non-hydrogen) atoms. The van der Waals surface area contributed by atoms with Crippen LogP contribution in [0.25, 0.3) is 0 Å². The molecule has 3 N–H and O–H groups in total. The molecule has 2 aromatic rings. The predicted octanol–water partition coefficient (Wildman–Crippen LogP) is 2.73. The number of hydrogen-bond acceptors (Lipinski definition) is 5. The molecule has 0 bridgehead atoms. The molecule has 7 nitrogen and oxygen atoms in total. The van der Waals surface area contributed by atoms with Crippen LogP contribution in [0.5, 0.6) is 0 Å². The maximum Gasteiger partial charge on any atom is 0.250 e. The Morgan fingerprint density at radius 2 is 1.76 bits per heavy atom. The van der Waals surface area contributed by atoms with E-state index in [-0.39, 0.29) is 5.56 Å². The zero-order valence-corrected chi connectivity index (χ0v) is 19.0. The highest BCUT2D eigenvalue weighted by molar-refractivity contribution is 6.30. The van der Waals surface area contributed by atoms with Crippen molar-refractivity contribution in [3.63, 3.8) is 0 Å². The molecule has 0 radical (unpaired) electrons. The number of fused-ring (bicyclic) bond motifs is 4. The van der Waals surface area contributed by atoms with Crippen molar-refractivity contribution in [3.8, 4) is 0 Å². The number of hydrogen-bond donors (Lipinski definition) is 3. The molecule has 0 aliphatic carbocycles. The SMILES string of the molecule is CC(C)(C)N1C(=O)C2C(C(O)c3ccc(Cl)cc3)NC3(C(=O)Nc4ccc(F)cc43)C2C1=O. The monoisotopic (exact) mass is 471 g/mol. The number of carbonyl (C=O) groups is 3. The summed E-state index contributed by atoms with van der Waals surface area (Å²) in [7, 11) is 0. The van der Waals surface area contributed by atoms with E-state index in [1.54, 1.807) is 45.0 Å². The molecule has 2 saturated heterocycles. The van der Waals surface area contributed by atoms with Crippen LogP contribution in [0.4, 0.5) is 10.1 Å². The lowest BCUT2D eigenvalue weighted by molar-refractivity contribution is -0.148. The molecule has 5 atom stereocenters. The van der Waals surface area contributed by atoms with Gasteiger partial charge in [0.15, 0.2) is 0 Å². The molecule has 5 rings (SSSR count). The van der Waals surface area contributed by atoms with Gasteiger partial charge in [0.25, 0.3) is 0 Å². The average molecular weight is 472 g/mol. The van der Waals surface area contributed by atoms with Gasteiger partial charge in [-0.15, -0.1) is 0 Å². The summed E-state index contributed by atoms with van der Waals surface area (Å²) in [6.07, 6.45) is -1.23. The number of nitrogens with zero attached hydrogens (tertiary/aromatic N) is 1. The van der Waals surface area contributed by atoms with Crippen LogP contribution in [0.2, 0.25) is 5.02 Å². The van der Waals surface area contributed by atoms with Crippen molar-refractivity contribution >= 4 is 35.0 Å². The van der Waals surface area contributed by atoms with E-state index in [2.05, 4.69) is 10.6 Å². The smallest absolute Gasteiger partial charge is 0.250 e. The Bertz CT molecular complexity index is 1200. The van der Waals surface area contributed by atoms with Crippen molar-refractivity contribution in [1.82, 2.24) is 10.2 Å². The lowest BCUT2D eigenvalue weighted by atomic mass is 9.76. The van der Waals surface area contributed by atoms with Crippen molar-refractivity contribution in [3.05, 3.63) is 64.4 Å². The molecular weight excluding hydrogens is 449 g/mol. The third kappa shape index (κ3) is 2.97. The molecule has 1 spiro atoms. The molecule has 3 amide bonds. The number of amides is 3. The van der Waals surface area contributed by atoms with Crippen LogP contribution in [0.15, 0.2) is 42.5 Å². The topological polar surface area (TPSA) is 98.7 Å². The summed E-state index contributed by atoms with van der Waals surface area (Å²) >= 11 is 5.97. The number of imide groups is 1. The van der Waals surface area contributed by atoms with Gasteiger partial charge in [-0.05, 0) is 56.7 Å². The molecule has 3 aliphatic rings. The molecular formula is C24H23ClFN3O4. The highest BCUT2D eigenvalue weighted by Crippen LogP contribution is 2.55. The summed E-state index contributed by atoms with van der Waals surface area (Å²) in [5.41, 5.74) is -1.43. The van der Waals surface area contributed by atoms with Crippen LogP contribution in [0, 0.1) is 17.7 Å². The molecule has 5 unspecified atom stereocenters. The number of nitrogens with one attached hydrogen (secondary N) is 2. The summed E-state index contributed by atoms with van der Waals surface area (Å²) in [4.78, 5) is 41.8. The molecule has 0 aromatic heterocycles. The Hall–Kier alpha value is -2.81. The van der Waals surface area contributed by atoms with Crippen LogP contribution in [0.1, 0.15) is 38.0 Å². The van der Waals surface area contributed by atoms with Crippen LogP contribution in [0.3, 0.4) is 0 Å². The summed E-state index contributed by atoms with van der Waals surface area (Å²) in [5.74, 6) is -4.29. The molecule has 2 aromatic carbocycles. The van der Waals surface area contributed by atoms with E-state index in [0.717, 1.165) is 4.90 Å².